The van der Waals surface area contributed by atoms with Crippen LogP contribution in [0.15, 0.2) is 36.4 Å². The fraction of sp³-hybridized carbons (Fsp3) is 0.444. The van der Waals surface area contributed by atoms with Crippen LogP contribution in [-0.2, 0) is 6.54 Å². The largest absolute Gasteiger partial charge is 0.398 e. The van der Waals surface area contributed by atoms with E-state index in [4.69, 9.17) is 5.73 Å². The molecule has 2 aromatic carbocycles. The lowest BCUT2D eigenvalue weighted by molar-refractivity contribution is 0.199. The molecule has 20 heavy (non-hydrogen) atoms. The Balaban J connectivity index is 1.88. The number of nitrogen functional groups attached to an aromatic ring is 1. The van der Waals surface area contributed by atoms with Crippen molar-refractivity contribution < 1.29 is 0 Å². The van der Waals surface area contributed by atoms with Gasteiger partial charge in [0.2, 0.25) is 0 Å². The summed E-state index contributed by atoms with van der Waals surface area (Å²) in [5, 5.41) is 2.52. The van der Waals surface area contributed by atoms with Crippen LogP contribution in [0.2, 0.25) is 0 Å². The molecule has 2 nitrogen and oxygen atoms in total. The molecule has 0 bridgehead atoms. The zero-order valence-corrected chi connectivity index (χ0v) is 12.5. The van der Waals surface area contributed by atoms with E-state index in [1.807, 2.05) is 0 Å². The molecule has 1 saturated heterocycles. The summed E-state index contributed by atoms with van der Waals surface area (Å²) in [6.07, 6.45) is 2.64. The Labute approximate surface area is 121 Å². The Kier molecular flexibility index (Phi) is 3.66. The predicted molar refractivity (Wildman–Crippen MR) is 86.6 cm³/mol. The molecule has 106 valence electrons. The Morgan fingerprint density at radius 2 is 1.90 bits per heavy atom. The van der Waals surface area contributed by atoms with E-state index in [-0.39, 0.29) is 0 Å². The molecule has 0 radical (unpaired) electrons. The Bertz CT molecular complexity index is 603. The standard InChI is InChI=1S/C18H24N2/c1-13(2)18-8-5-9-20(18)12-16-10-14-6-3-4-7-15(14)11-17(16)19/h3-4,6-7,10-11,13,18H,5,8-9,12,19H2,1-2H3. The molecule has 1 fully saturated rings. The first kappa shape index (κ1) is 13.4. The fourth-order valence-corrected chi connectivity index (χ4v) is 3.46. The third kappa shape index (κ3) is 2.53. The Morgan fingerprint density at radius 1 is 1.20 bits per heavy atom. The minimum Gasteiger partial charge on any atom is -0.398 e. The summed E-state index contributed by atoms with van der Waals surface area (Å²) in [6, 6.07) is 13.5. The average Bonchev–Trinajstić information content (AvgIpc) is 2.88. The van der Waals surface area contributed by atoms with Crippen LogP contribution in [0.1, 0.15) is 32.3 Å². The van der Waals surface area contributed by atoms with Crippen LogP contribution in [0.5, 0.6) is 0 Å². The molecule has 2 aromatic rings. The molecule has 0 amide bonds. The highest BCUT2D eigenvalue weighted by molar-refractivity contribution is 5.86. The first-order valence-corrected chi connectivity index (χ1v) is 7.66. The Hall–Kier alpha value is -1.54. The van der Waals surface area contributed by atoms with Gasteiger partial charge in [0.25, 0.3) is 0 Å². The molecule has 2 N–H and O–H groups in total. The lowest BCUT2D eigenvalue weighted by atomic mass is 10.0. The van der Waals surface area contributed by atoms with Crippen molar-refractivity contribution in [2.45, 2.75) is 39.3 Å². The Morgan fingerprint density at radius 3 is 2.60 bits per heavy atom. The molecule has 1 unspecified atom stereocenters. The van der Waals surface area contributed by atoms with Crippen molar-refractivity contribution >= 4 is 16.5 Å². The van der Waals surface area contributed by atoms with Gasteiger partial charge in [0, 0.05) is 18.3 Å². The van der Waals surface area contributed by atoms with E-state index < -0.39 is 0 Å². The smallest absolute Gasteiger partial charge is 0.0366 e. The predicted octanol–water partition coefficient (Wildman–Crippen LogP) is 4.04. The number of nitrogens with zero attached hydrogens (tertiary/aromatic N) is 1. The SMILES string of the molecule is CC(C)C1CCCN1Cc1cc2ccccc2cc1N. The molecule has 0 aliphatic carbocycles. The van der Waals surface area contributed by atoms with E-state index in [0.29, 0.717) is 6.04 Å². The van der Waals surface area contributed by atoms with Gasteiger partial charge in [0.15, 0.2) is 0 Å². The van der Waals surface area contributed by atoms with Crippen molar-refractivity contribution in [3.63, 3.8) is 0 Å². The number of hydrogen-bond acceptors (Lipinski definition) is 2. The summed E-state index contributed by atoms with van der Waals surface area (Å²) >= 11 is 0. The van der Waals surface area contributed by atoms with E-state index in [0.717, 1.165) is 18.2 Å². The van der Waals surface area contributed by atoms with E-state index in [1.165, 1.54) is 35.7 Å². The second-order valence-electron chi connectivity index (χ2n) is 6.32. The van der Waals surface area contributed by atoms with Gasteiger partial charge in [-0.15, -0.1) is 0 Å². The van der Waals surface area contributed by atoms with Gasteiger partial charge in [-0.2, -0.15) is 0 Å². The number of fused-ring (bicyclic) bond motifs is 1. The van der Waals surface area contributed by atoms with Gasteiger partial charge in [-0.1, -0.05) is 38.1 Å². The summed E-state index contributed by atoms with van der Waals surface area (Å²) in [4.78, 5) is 2.60. The minimum atomic E-state index is 0.709. The number of nitrogens with two attached hydrogens (primary N) is 1. The zero-order chi connectivity index (χ0) is 14.1. The number of benzene rings is 2. The minimum absolute atomic E-state index is 0.709. The van der Waals surface area contributed by atoms with Crippen molar-refractivity contribution in [1.29, 1.82) is 0 Å². The summed E-state index contributed by atoms with van der Waals surface area (Å²) in [6.45, 7) is 6.84. The molecule has 0 aromatic heterocycles. The first-order valence-electron chi connectivity index (χ1n) is 7.66. The highest BCUT2D eigenvalue weighted by Crippen LogP contribution is 2.29. The zero-order valence-electron chi connectivity index (χ0n) is 12.5. The van der Waals surface area contributed by atoms with Gasteiger partial charge in [0.1, 0.15) is 0 Å². The lowest BCUT2D eigenvalue weighted by Gasteiger charge is -2.28. The summed E-state index contributed by atoms with van der Waals surface area (Å²) in [5.41, 5.74) is 8.46. The van der Waals surface area contributed by atoms with Crippen molar-refractivity contribution in [3.8, 4) is 0 Å². The number of rotatable bonds is 3. The van der Waals surface area contributed by atoms with Gasteiger partial charge in [-0.05, 0) is 53.8 Å². The summed E-state index contributed by atoms with van der Waals surface area (Å²) in [7, 11) is 0. The van der Waals surface area contributed by atoms with Crippen molar-refractivity contribution in [1.82, 2.24) is 4.90 Å². The summed E-state index contributed by atoms with van der Waals surface area (Å²) < 4.78 is 0. The number of anilines is 1. The van der Waals surface area contributed by atoms with Crippen LogP contribution >= 0.6 is 0 Å². The molecule has 1 atom stereocenters. The highest BCUT2D eigenvalue weighted by Gasteiger charge is 2.27. The topological polar surface area (TPSA) is 29.3 Å². The first-order chi connectivity index (χ1) is 9.65. The van der Waals surface area contributed by atoms with Gasteiger partial charge < -0.3 is 5.73 Å². The molecular weight excluding hydrogens is 244 g/mol. The second kappa shape index (κ2) is 5.45. The number of hydrogen-bond donors (Lipinski definition) is 1. The molecule has 3 rings (SSSR count). The van der Waals surface area contributed by atoms with Gasteiger partial charge in [-0.25, -0.2) is 0 Å². The molecule has 1 heterocycles. The summed E-state index contributed by atoms with van der Waals surface area (Å²) in [5.74, 6) is 0.721. The van der Waals surface area contributed by atoms with E-state index in [2.05, 4.69) is 55.1 Å². The van der Waals surface area contributed by atoms with Crippen LogP contribution in [0.25, 0.3) is 10.8 Å². The van der Waals surface area contributed by atoms with E-state index in [1.54, 1.807) is 0 Å². The van der Waals surface area contributed by atoms with Crippen LogP contribution in [0, 0.1) is 5.92 Å². The van der Waals surface area contributed by atoms with Crippen LogP contribution in [0.4, 0.5) is 5.69 Å². The fourth-order valence-electron chi connectivity index (χ4n) is 3.46. The van der Waals surface area contributed by atoms with Crippen LogP contribution in [0.3, 0.4) is 0 Å². The lowest BCUT2D eigenvalue weighted by Crippen LogP contribution is -2.33. The molecule has 0 spiro atoms. The average molecular weight is 268 g/mol. The number of likely N-dealkylation sites (tertiary alicyclic amines) is 1. The maximum atomic E-state index is 6.26. The molecule has 1 aliphatic heterocycles. The maximum absolute atomic E-state index is 6.26. The third-order valence-electron chi connectivity index (χ3n) is 4.56. The molecular formula is C18H24N2. The van der Waals surface area contributed by atoms with Gasteiger partial charge in [-0.3, -0.25) is 4.90 Å². The van der Waals surface area contributed by atoms with Gasteiger partial charge >= 0.3 is 0 Å². The van der Waals surface area contributed by atoms with E-state index >= 15 is 0 Å². The van der Waals surface area contributed by atoms with Crippen LogP contribution < -0.4 is 5.73 Å². The van der Waals surface area contributed by atoms with Crippen molar-refractivity contribution in [2.24, 2.45) is 5.92 Å². The normalized spacial score (nSPS) is 20.1. The van der Waals surface area contributed by atoms with E-state index in [9.17, 15) is 0 Å². The monoisotopic (exact) mass is 268 g/mol. The molecule has 0 saturated carbocycles. The molecule has 2 heteroatoms. The quantitative estimate of drug-likeness (QED) is 0.851. The van der Waals surface area contributed by atoms with Gasteiger partial charge in [0.05, 0.1) is 0 Å². The van der Waals surface area contributed by atoms with Crippen molar-refractivity contribution in [3.05, 3.63) is 42.0 Å². The second-order valence-corrected chi connectivity index (χ2v) is 6.32. The van der Waals surface area contributed by atoms with Crippen molar-refractivity contribution in [2.75, 3.05) is 12.3 Å². The third-order valence-corrected chi connectivity index (χ3v) is 4.56. The highest BCUT2D eigenvalue weighted by atomic mass is 15.2. The maximum Gasteiger partial charge on any atom is 0.0366 e. The van der Waals surface area contributed by atoms with Crippen LogP contribution in [-0.4, -0.2) is 17.5 Å². The molecule has 1 aliphatic rings.